The van der Waals surface area contributed by atoms with Crippen LogP contribution < -0.4 is 5.73 Å². The van der Waals surface area contributed by atoms with Crippen LogP contribution in [0.5, 0.6) is 0 Å². The van der Waals surface area contributed by atoms with E-state index in [0.717, 1.165) is 18.4 Å². The summed E-state index contributed by atoms with van der Waals surface area (Å²) in [6.07, 6.45) is 2.30. The van der Waals surface area contributed by atoms with E-state index in [1.807, 2.05) is 0 Å². The average Bonchev–Trinajstić information content (AvgIpc) is 2.81. The Morgan fingerprint density at radius 3 is 2.72 bits per heavy atom. The van der Waals surface area contributed by atoms with Gasteiger partial charge in [0.05, 0.1) is 12.5 Å². The second-order valence-corrected chi connectivity index (χ2v) is 4.24. The number of aromatic nitrogens is 2. The van der Waals surface area contributed by atoms with Crippen LogP contribution >= 0.6 is 0 Å². The van der Waals surface area contributed by atoms with E-state index in [2.05, 4.69) is 17.1 Å². The molecule has 0 radical (unpaired) electrons. The summed E-state index contributed by atoms with van der Waals surface area (Å²) in [5.74, 6) is 0.784. The standard InChI is InChI=1S/C13H16FN3O/c1-2-3-11(15)13-16-12(18-17-13)8-9-4-6-10(14)7-5-9/h4-7,11H,2-3,8,15H2,1H3. The van der Waals surface area contributed by atoms with Crippen LogP contribution in [0.25, 0.3) is 0 Å². The molecule has 0 saturated heterocycles. The maximum absolute atomic E-state index is 12.8. The Hall–Kier alpha value is -1.75. The molecule has 0 spiro atoms. The molecule has 0 bridgehead atoms. The van der Waals surface area contributed by atoms with E-state index in [1.54, 1.807) is 12.1 Å². The van der Waals surface area contributed by atoms with E-state index in [-0.39, 0.29) is 11.9 Å². The van der Waals surface area contributed by atoms with Gasteiger partial charge < -0.3 is 10.3 Å². The van der Waals surface area contributed by atoms with Gasteiger partial charge in [0.25, 0.3) is 0 Å². The van der Waals surface area contributed by atoms with Crippen LogP contribution in [-0.4, -0.2) is 10.1 Å². The van der Waals surface area contributed by atoms with Crippen molar-refractivity contribution in [1.29, 1.82) is 0 Å². The van der Waals surface area contributed by atoms with Gasteiger partial charge in [0.2, 0.25) is 5.89 Å². The van der Waals surface area contributed by atoms with Gasteiger partial charge in [0, 0.05) is 0 Å². The van der Waals surface area contributed by atoms with Gasteiger partial charge in [-0.25, -0.2) is 4.39 Å². The first-order chi connectivity index (χ1) is 8.69. The monoisotopic (exact) mass is 249 g/mol. The second-order valence-electron chi connectivity index (χ2n) is 4.24. The third-order valence-corrected chi connectivity index (χ3v) is 2.68. The fourth-order valence-corrected chi connectivity index (χ4v) is 1.71. The quantitative estimate of drug-likeness (QED) is 0.884. The molecule has 0 fully saturated rings. The lowest BCUT2D eigenvalue weighted by Gasteiger charge is -2.02. The summed E-state index contributed by atoms with van der Waals surface area (Å²) in [6.45, 7) is 2.05. The number of hydrogen-bond acceptors (Lipinski definition) is 4. The first-order valence-electron chi connectivity index (χ1n) is 6.01. The molecule has 2 aromatic rings. The molecule has 4 nitrogen and oxygen atoms in total. The molecule has 1 atom stereocenters. The van der Waals surface area contributed by atoms with Gasteiger partial charge in [-0.15, -0.1) is 0 Å². The molecule has 2 rings (SSSR count). The minimum atomic E-state index is -0.255. The Balaban J connectivity index is 2.04. The summed E-state index contributed by atoms with van der Waals surface area (Å²) >= 11 is 0. The highest BCUT2D eigenvalue weighted by Crippen LogP contribution is 2.14. The van der Waals surface area contributed by atoms with Crippen molar-refractivity contribution >= 4 is 0 Å². The summed E-state index contributed by atoms with van der Waals surface area (Å²) in [4.78, 5) is 4.25. The summed E-state index contributed by atoms with van der Waals surface area (Å²) in [5.41, 5.74) is 6.82. The van der Waals surface area contributed by atoms with Gasteiger partial charge in [0.15, 0.2) is 5.82 Å². The fourth-order valence-electron chi connectivity index (χ4n) is 1.71. The lowest BCUT2D eigenvalue weighted by molar-refractivity contribution is 0.374. The van der Waals surface area contributed by atoms with Crippen LogP contribution in [-0.2, 0) is 6.42 Å². The smallest absolute Gasteiger partial charge is 0.231 e. The third-order valence-electron chi connectivity index (χ3n) is 2.68. The molecule has 96 valence electrons. The minimum absolute atomic E-state index is 0.180. The van der Waals surface area contributed by atoms with E-state index in [0.29, 0.717) is 18.1 Å². The van der Waals surface area contributed by atoms with Crippen LogP contribution in [0.2, 0.25) is 0 Å². The normalized spacial score (nSPS) is 12.6. The number of nitrogens with two attached hydrogens (primary N) is 1. The average molecular weight is 249 g/mol. The van der Waals surface area contributed by atoms with Crippen LogP contribution in [0.3, 0.4) is 0 Å². The number of nitrogens with zero attached hydrogens (tertiary/aromatic N) is 2. The summed E-state index contributed by atoms with van der Waals surface area (Å²) < 4.78 is 17.9. The highest BCUT2D eigenvalue weighted by Gasteiger charge is 2.13. The number of halogens is 1. The van der Waals surface area contributed by atoms with Gasteiger partial charge in [-0.1, -0.05) is 30.6 Å². The van der Waals surface area contributed by atoms with Gasteiger partial charge in [-0.3, -0.25) is 0 Å². The molecule has 1 unspecified atom stereocenters. The Morgan fingerprint density at radius 1 is 1.33 bits per heavy atom. The van der Waals surface area contributed by atoms with Gasteiger partial charge in [0.1, 0.15) is 5.82 Å². The molecule has 0 amide bonds. The van der Waals surface area contributed by atoms with Crippen LogP contribution in [0.15, 0.2) is 28.8 Å². The largest absolute Gasteiger partial charge is 0.339 e. The summed E-state index contributed by atoms with van der Waals surface area (Å²) in [5, 5.41) is 3.86. The molecule has 0 saturated carbocycles. The molecule has 2 N–H and O–H groups in total. The zero-order chi connectivity index (χ0) is 13.0. The zero-order valence-electron chi connectivity index (χ0n) is 10.3. The molecule has 0 aliphatic rings. The predicted octanol–water partition coefficient (Wildman–Crippen LogP) is 2.60. The fraction of sp³-hybridized carbons (Fsp3) is 0.385. The molecule has 1 aromatic carbocycles. The molecule has 5 heteroatoms. The van der Waals surface area contributed by atoms with Crippen molar-refractivity contribution in [1.82, 2.24) is 10.1 Å². The Kier molecular flexibility index (Phi) is 4.04. The predicted molar refractivity (Wildman–Crippen MR) is 65.3 cm³/mol. The van der Waals surface area contributed by atoms with E-state index in [4.69, 9.17) is 10.3 Å². The Labute approximate surface area is 105 Å². The summed E-state index contributed by atoms with van der Waals surface area (Å²) in [6, 6.07) is 6.04. The molecular formula is C13H16FN3O. The van der Waals surface area contributed by atoms with Crippen LogP contribution in [0.1, 0.15) is 43.1 Å². The van der Waals surface area contributed by atoms with Crippen LogP contribution in [0.4, 0.5) is 4.39 Å². The van der Waals surface area contributed by atoms with E-state index in [9.17, 15) is 4.39 Å². The van der Waals surface area contributed by atoms with Crippen molar-refractivity contribution in [3.63, 3.8) is 0 Å². The van der Waals surface area contributed by atoms with E-state index < -0.39 is 0 Å². The van der Waals surface area contributed by atoms with E-state index >= 15 is 0 Å². The van der Waals surface area contributed by atoms with Crippen molar-refractivity contribution in [2.24, 2.45) is 5.73 Å². The molecule has 1 heterocycles. The van der Waals surface area contributed by atoms with Crippen molar-refractivity contribution in [2.75, 3.05) is 0 Å². The van der Waals surface area contributed by atoms with Gasteiger partial charge >= 0.3 is 0 Å². The molecule has 1 aromatic heterocycles. The van der Waals surface area contributed by atoms with Crippen molar-refractivity contribution < 1.29 is 8.91 Å². The lowest BCUT2D eigenvalue weighted by Crippen LogP contribution is -2.11. The number of rotatable bonds is 5. The molecular weight excluding hydrogens is 233 g/mol. The molecule has 0 aliphatic heterocycles. The van der Waals surface area contributed by atoms with Crippen molar-refractivity contribution in [2.45, 2.75) is 32.2 Å². The Bertz CT molecular complexity index is 495. The SMILES string of the molecule is CCCC(N)c1noc(Cc2ccc(F)cc2)n1. The van der Waals surface area contributed by atoms with Crippen molar-refractivity contribution in [3.8, 4) is 0 Å². The highest BCUT2D eigenvalue weighted by molar-refractivity contribution is 5.19. The number of benzene rings is 1. The Morgan fingerprint density at radius 2 is 2.06 bits per heavy atom. The number of hydrogen-bond donors (Lipinski definition) is 1. The topological polar surface area (TPSA) is 64.9 Å². The van der Waals surface area contributed by atoms with Crippen LogP contribution in [0, 0.1) is 5.82 Å². The minimum Gasteiger partial charge on any atom is -0.339 e. The highest BCUT2D eigenvalue weighted by atomic mass is 19.1. The van der Waals surface area contributed by atoms with Crippen molar-refractivity contribution in [3.05, 3.63) is 47.4 Å². The lowest BCUT2D eigenvalue weighted by atomic mass is 10.1. The second kappa shape index (κ2) is 5.73. The first-order valence-corrected chi connectivity index (χ1v) is 6.01. The zero-order valence-corrected chi connectivity index (χ0v) is 10.3. The van der Waals surface area contributed by atoms with Gasteiger partial charge in [-0.05, 0) is 24.1 Å². The molecule has 0 aliphatic carbocycles. The maximum atomic E-state index is 12.8. The van der Waals surface area contributed by atoms with E-state index in [1.165, 1.54) is 12.1 Å². The maximum Gasteiger partial charge on any atom is 0.231 e. The van der Waals surface area contributed by atoms with Gasteiger partial charge in [-0.2, -0.15) is 4.98 Å². The molecule has 18 heavy (non-hydrogen) atoms. The first kappa shape index (κ1) is 12.7. The third kappa shape index (κ3) is 3.13. The summed E-state index contributed by atoms with van der Waals surface area (Å²) in [7, 11) is 0.